The van der Waals surface area contributed by atoms with E-state index in [1.54, 1.807) is 9.80 Å². The number of fused-ring (bicyclic) bond motifs is 3. The number of ether oxygens (including phenoxy) is 2. The maximum Gasteiger partial charge on any atom is 0.573 e. The monoisotopic (exact) mass is 435 g/mol. The number of urea groups is 1. The number of nitrogens with one attached hydrogen (secondary N) is 1. The summed E-state index contributed by atoms with van der Waals surface area (Å²) in [7, 11) is 0. The zero-order valence-corrected chi connectivity index (χ0v) is 16.6. The number of alkyl halides is 3. The van der Waals surface area contributed by atoms with E-state index in [-0.39, 0.29) is 24.9 Å². The number of amides is 3. The quantitative estimate of drug-likeness (QED) is 0.745. The Kier molecular flexibility index (Phi) is 5.38. The summed E-state index contributed by atoms with van der Waals surface area (Å²) in [6.45, 7) is 2.83. The fourth-order valence-corrected chi connectivity index (χ4v) is 3.71. The zero-order chi connectivity index (χ0) is 22.2. The smallest absolute Gasteiger partial charge is 0.447 e. The Morgan fingerprint density at radius 2 is 1.94 bits per heavy atom. The average molecular weight is 435 g/mol. The molecule has 2 aromatic rings. The fraction of sp³-hybridized carbons (Fsp3) is 0.333. The Morgan fingerprint density at radius 3 is 2.65 bits per heavy atom. The summed E-state index contributed by atoms with van der Waals surface area (Å²) >= 11 is 0. The van der Waals surface area contributed by atoms with Crippen molar-refractivity contribution in [3.05, 3.63) is 53.6 Å². The molecule has 2 aliphatic rings. The van der Waals surface area contributed by atoms with Crippen molar-refractivity contribution >= 4 is 23.5 Å². The second-order valence-electron chi connectivity index (χ2n) is 7.45. The Balaban J connectivity index is 1.51. The molecule has 1 N–H and O–H groups in total. The lowest BCUT2D eigenvalue weighted by Gasteiger charge is -2.32. The summed E-state index contributed by atoms with van der Waals surface area (Å²) in [6.07, 6.45) is -4.64. The van der Waals surface area contributed by atoms with Gasteiger partial charge in [0.2, 0.25) is 0 Å². The summed E-state index contributed by atoms with van der Waals surface area (Å²) in [5.41, 5.74) is 2.85. The minimum atomic E-state index is -4.78. The van der Waals surface area contributed by atoms with Gasteiger partial charge in [0.15, 0.2) is 0 Å². The maximum atomic E-state index is 12.9. The van der Waals surface area contributed by atoms with Crippen LogP contribution >= 0.6 is 0 Å². The van der Waals surface area contributed by atoms with Crippen LogP contribution in [0, 0.1) is 6.92 Å². The van der Waals surface area contributed by atoms with Gasteiger partial charge in [-0.2, -0.15) is 0 Å². The standard InChI is InChI=1S/C21H20F3N3O4/c1-13-2-3-14-11-26(9-8-16-12-30-20(29)27(16)18(14)10-13)19(28)25-15-4-6-17(7-5-15)31-21(22,23)24/h2-7,10,16H,8-9,11-12H2,1H3,(H,25,28)/t16-/m0/s1. The Bertz CT molecular complexity index is 994. The normalized spacial score (nSPS) is 18.5. The molecule has 0 radical (unpaired) electrons. The van der Waals surface area contributed by atoms with Crippen molar-refractivity contribution in [1.82, 2.24) is 4.90 Å². The van der Waals surface area contributed by atoms with E-state index in [1.807, 2.05) is 25.1 Å². The van der Waals surface area contributed by atoms with Gasteiger partial charge in [-0.3, -0.25) is 4.90 Å². The lowest BCUT2D eigenvalue weighted by Crippen LogP contribution is -2.43. The third-order valence-electron chi connectivity index (χ3n) is 5.18. The third-order valence-corrected chi connectivity index (χ3v) is 5.18. The third kappa shape index (κ3) is 4.68. The van der Waals surface area contributed by atoms with Crippen LogP contribution < -0.4 is 15.0 Å². The second kappa shape index (κ2) is 8.01. The number of halogens is 3. The number of cyclic esters (lactones) is 1. The van der Waals surface area contributed by atoms with Crippen molar-refractivity contribution in [2.24, 2.45) is 0 Å². The summed E-state index contributed by atoms with van der Waals surface area (Å²) in [6, 6.07) is 10.1. The molecule has 4 rings (SSSR count). The van der Waals surface area contributed by atoms with Crippen LogP contribution in [0.15, 0.2) is 42.5 Å². The van der Waals surface area contributed by atoms with Crippen molar-refractivity contribution in [1.29, 1.82) is 0 Å². The summed E-state index contributed by atoms with van der Waals surface area (Å²) in [5, 5.41) is 2.70. The molecule has 1 saturated heterocycles. The van der Waals surface area contributed by atoms with E-state index < -0.39 is 18.5 Å². The number of hydrogen-bond acceptors (Lipinski definition) is 4. The fourth-order valence-electron chi connectivity index (χ4n) is 3.71. The minimum Gasteiger partial charge on any atom is -0.447 e. The number of rotatable bonds is 2. The number of aryl methyl sites for hydroxylation is 1. The predicted molar refractivity (Wildman–Crippen MR) is 106 cm³/mol. The topological polar surface area (TPSA) is 71.1 Å². The van der Waals surface area contributed by atoms with Crippen molar-refractivity contribution in [2.75, 3.05) is 23.4 Å². The van der Waals surface area contributed by atoms with Gasteiger partial charge in [0.05, 0.1) is 11.7 Å². The van der Waals surface area contributed by atoms with E-state index >= 15 is 0 Å². The molecule has 2 heterocycles. The molecule has 7 nitrogen and oxygen atoms in total. The van der Waals surface area contributed by atoms with E-state index in [1.165, 1.54) is 12.1 Å². The van der Waals surface area contributed by atoms with Gasteiger partial charge in [-0.05, 0) is 54.8 Å². The first-order valence-corrected chi connectivity index (χ1v) is 9.67. The molecule has 0 aromatic heterocycles. The predicted octanol–water partition coefficient (Wildman–Crippen LogP) is 4.66. The highest BCUT2D eigenvalue weighted by Gasteiger charge is 2.37. The molecule has 0 bridgehead atoms. The first kappa shape index (κ1) is 20.8. The van der Waals surface area contributed by atoms with Crippen LogP contribution in [0.25, 0.3) is 0 Å². The van der Waals surface area contributed by atoms with Gasteiger partial charge in [-0.1, -0.05) is 12.1 Å². The van der Waals surface area contributed by atoms with Crippen molar-refractivity contribution < 1.29 is 32.2 Å². The van der Waals surface area contributed by atoms with Crippen molar-refractivity contribution in [3.8, 4) is 5.75 Å². The average Bonchev–Trinajstić information content (AvgIpc) is 3.04. The molecule has 0 unspecified atom stereocenters. The number of carbonyl (C=O) groups is 2. The molecule has 164 valence electrons. The summed E-state index contributed by atoms with van der Waals surface area (Å²) in [4.78, 5) is 28.4. The van der Waals surface area contributed by atoms with Crippen LogP contribution in [0.2, 0.25) is 0 Å². The first-order chi connectivity index (χ1) is 14.7. The van der Waals surface area contributed by atoms with Gasteiger partial charge in [-0.25, -0.2) is 9.59 Å². The van der Waals surface area contributed by atoms with Crippen molar-refractivity contribution in [3.63, 3.8) is 0 Å². The van der Waals surface area contributed by atoms with Crippen molar-refractivity contribution in [2.45, 2.75) is 32.3 Å². The highest BCUT2D eigenvalue weighted by molar-refractivity contribution is 5.92. The Labute approximate surface area is 176 Å². The molecule has 10 heteroatoms. The SMILES string of the molecule is Cc1ccc2c(c1)N1C(=O)OC[C@@H]1CCN(C(=O)Nc1ccc(OC(F)(F)F)cc1)C2. The number of hydrogen-bond donors (Lipinski definition) is 1. The van der Waals surface area contributed by atoms with Gasteiger partial charge in [0, 0.05) is 18.8 Å². The van der Waals surface area contributed by atoms with Crippen LogP contribution in [-0.4, -0.2) is 42.6 Å². The molecule has 3 amide bonds. The van der Waals surface area contributed by atoms with Gasteiger partial charge in [-0.15, -0.1) is 13.2 Å². The molecule has 1 atom stereocenters. The van der Waals surface area contributed by atoms with E-state index in [2.05, 4.69) is 10.1 Å². The minimum absolute atomic E-state index is 0.178. The molecule has 31 heavy (non-hydrogen) atoms. The van der Waals surface area contributed by atoms with E-state index in [0.29, 0.717) is 18.7 Å². The second-order valence-corrected chi connectivity index (χ2v) is 7.45. The first-order valence-electron chi connectivity index (χ1n) is 9.67. The highest BCUT2D eigenvalue weighted by atomic mass is 19.4. The number of nitrogens with zero attached hydrogens (tertiary/aromatic N) is 2. The molecular formula is C21H20F3N3O4. The van der Waals surface area contributed by atoms with Crippen LogP contribution in [-0.2, 0) is 11.3 Å². The molecule has 0 aliphatic carbocycles. The Morgan fingerprint density at radius 1 is 1.19 bits per heavy atom. The molecular weight excluding hydrogens is 415 g/mol. The Hall–Kier alpha value is -3.43. The summed E-state index contributed by atoms with van der Waals surface area (Å²) < 4.78 is 46.0. The molecule has 0 spiro atoms. The van der Waals surface area contributed by atoms with E-state index in [4.69, 9.17) is 4.74 Å². The number of carbonyl (C=O) groups excluding carboxylic acids is 2. The van der Waals surface area contributed by atoms with Crippen LogP contribution in [0.4, 0.5) is 34.1 Å². The molecule has 2 aliphatic heterocycles. The lowest BCUT2D eigenvalue weighted by molar-refractivity contribution is -0.274. The number of benzene rings is 2. The van der Waals surface area contributed by atoms with Gasteiger partial charge >= 0.3 is 18.5 Å². The van der Waals surface area contributed by atoms with Gasteiger partial charge in [0.25, 0.3) is 0 Å². The van der Waals surface area contributed by atoms with Gasteiger partial charge < -0.3 is 19.7 Å². The molecule has 2 aromatic carbocycles. The van der Waals surface area contributed by atoms with Crippen LogP contribution in [0.1, 0.15) is 17.5 Å². The zero-order valence-electron chi connectivity index (χ0n) is 16.6. The summed E-state index contributed by atoms with van der Waals surface area (Å²) in [5.74, 6) is -0.368. The lowest BCUT2D eigenvalue weighted by atomic mass is 10.0. The van der Waals surface area contributed by atoms with Crippen LogP contribution in [0.5, 0.6) is 5.75 Å². The van der Waals surface area contributed by atoms with Crippen LogP contribution in [0.3, 0.4) is 0 Å². The highest BCUT2D eigenvalue weighted by Crippen LogP contribution is 2.32. The van der Waals surface area contributed by atoms with Gasteiger partial charge in [0.1, 0.15) is 12.4 Å². The number of anilines is 2. The molecule has 1 fully saturated rings. The van der Waals surface area contributed by atoms with E-state index in [9.17, 15) is 22.8 Å². The largest absolute Gasteiger partial charge is 0.573 e. The maximum absolute atomic E-state index is 12.9. The molecule has 0 saturated carbocycles. The van der Waals surface area contributed by atoms with E-state index in [0.717, 1.165) is 28.9 Å².